The summed E-state index contributed by atoms with van der Waals surface area (Å²) < 4.78 is 1.36. The van der Waals surface area contributed by atoms with Crippen LogP contribution in [0.2, 0.25) is 0 Å². The Kier molecular flexibility index (Phi) is 3.52. The minimum atomic E-state index is -0.167. The Hall–Kier alpha value is -2.44. The zero-order valence-electron chi connectivity index (χ0n) is 10.2. The first-order valence-electron chi connectivity index (χ1n) is 5.43. The first kappa shape index (κ1) is 12.0. The second kappa shape index (κ2) is 5.26. The summed E-state index contributed by atoms with van der Waals surface area (Å²) in [6.45, 7) is 0.0996. The third kappa shape index (κ3) is 3.03. The number of carbonyl (C=O) groups is 1. The van der Waals surface area contributed by atoms with E-state index in [1.165, 1.54) is 11.0 Å². The predicted octanol–water partition coefficient (Wildman–Crippen LogP) is 0.378. The molecule has 0 spiro atoms. The summed E-state index contributed by atoms with van der Waals surface area (Å²) in [5, 5.41) is 13.3. The Labute approximate surface area is 104 Å². The maximum atomic E-state index is 11.7. The summed E-state index contributed by atoms with van der Waals surface area (Å²) in [4.78, 5) is 13.7. The molecule has 7 heteroatoms. The van der Waals surface area contributed by atoms with Crippen molar-refractivity contribution >= 4 is 17.3 Å². The van der Waals surface area contributed by atoms with E-state index in [1.54, 1.807) is 0 Å². The number of aromatic nitrogens is 4. The van der Waals surface area contributed by atoms with Crippen molar-refractivity contribution in [2.75, 3.05) is 24.3 Å². The van der Waals surface area contributed by atoms with Crippen molar-refractivity contribution in [3.8, 4) is 0 Å². The van der Waals surface area contributed by atoms with E-state index in [0.717, 1.165) is 11.4 Å². The van der Waals surface area contributed by atoms with Gasteiger partial charge in [-0.05, 0) is 34.7 Å². The maximum Gasteiger partial charge on any atom is 0.246 e. The van der Waals surface area contributed by atoms with Gasteiger partial charge in [0.05, 0.1) is 0 Å². The summed E-state index contributed by atoms with van der Waals surface area (Å²) in [5.41, 5.74) is 1.83. The fourth-order valence-corrected chi connectivity index (χ4v) is 1.44. The summed E-state index contributed by atoms with van der Waals surface area (Å²) in [6.07, 6.45) is 1.40. The van der Waals surface area contributed by atoms with E-state index in [9.17, 15) is 4.79 Å². The highest BCUT2D eigenvalue weighted by Gasteiger charge is 2.04. The van der Waals surface area contributed by atoms with Crippen LogP contribution < -0.4 is 10.2 Å². The van der Waals surface area contributed by atoms with Crippen molar-refractivity contribution in [2.24, 2.45) is 0 Å². The largest absolute Gasteiger partial charge is 0.378 e. The highest BCUT2D eigenvalue weighted by atomic mass is 16.2. The summed E-state index contributed by atoms with van der Waals surface area (Å²) in [5.74, 6) is -0.167. The van der Waals surface area contributed by atoms with Crippen molar-refractivity contribution < 1.29 is 4.79 Å². The third-order valence-corrected chi connectivity index (χ3v) is 2.36. The molecule has 1 amide bonds. The molecule has 1 heterocycles. The molecule has 18 heavy (non-hydrogen) atoms. The van der Waals surface area contributed by atoms with E-state index in [1.807, 2.05) is 43.3 Å². The first-order valence-corrected chi connectivity index (χ1v) is 5.43. The fraction of sp³-hybridized carbons (Fsp3) is 0.273. The molecule has 2 aromatic rings. The number of nitrogens with zero attached hydrogens (tertiary/aromatic N) is 5. The maximum absolute atomic E-state index is 11.7. The number of hydrogen-bond donors (Lipinski definition) is 1. The van der Waals surface area contributed by atoms with Gasteiger partial charge in [0.1, 0.15) is 12.9 Å². The zero-order valence-corrected chi connectivity index (χ0v) is 10.2. The Morgan fingerprint density at radius 2 is 2.06 bits per heavy atom. The molecule has 94 valence electrons. The number of amides is 1. The average Bonchev–Trinajstić information content (AvgIpc) is 2.82. The summed E-state index contributed by atoms with van der Waals surface area (Å²) >= 11 is 0. The molecular formula is C11H14N6O. The van der Waals surface area contributed by atoms with Crippen LogP contribution in [-0.4, -0.2) is 40.2 Å². The zero-order chi connectivity index (χ0) is 13.0. The molecule has 0 aliphatic rings. The van der Waals surface area contributed by atoms with Crippen LogP contribution in [0.3, 0.4) is 0 Å². The van der Waals surface area contributed by atoms with E-state index in [2.05, 4.69) is 20.8 Å². The minimum absolute atomic E-state index is 0.0996. The molecule has 1 aromatic carbocycles. The van der Waals surface area contributed by atoms with Crippen LogP contribution in [0.15, 0.2) is 30.6 Å². The van der Waals surface area contributed by atoms with Crippen LogP contribution in [-0.2, 0) is 11.3 Å². The quantitative estimate of drug-likeness (QED) is 0.844. The van der Waals surface area contributed by atoms with Gasteiger partial charge in [-0.3, -0.25) is 4.79 Å². The molecule has 0 atom stereocenters. The van der Waals surface area contributed by atoms with Crippen LogP contribution in [0.4, 0.5) is 11.4 Å². The second-order valence-electron chi connectivity index (χ2n) is 4.00. The highest BCUT2D eigenvalue weighted by Crippen LogP contribution is 2.15. The lowest BCUT2D eigenvalue weighted by Gasteiger charge is -2.12. The van der Waals surface area contributed by atoms with Gasteiger partial charge in [-0.2, -0.15) is 0 Å². The Bertz CT molecular complexity index is 505. The molecule has 0 saturated carbocycles. The van der Waals surface area contributed by atoms with E-state index in [0.29, 0.717) is 0 Å². The monoisotopic (exact) mass is 246 g/mol. The molecule has 0 radical (unpaired) electrons. The lowest BCUT2D eigenvalue weighted by molar-refractivity contribution is -0.116. The van der Waals surface area contributed by atoms with Crippen LogP contribution >= 0.6 is 0 Å². The van der Waals surface area contributed by atoms with Gasteiger partial charge in [-0.1, -0.05) is 0 Å². The van der Waals surface area contributed by atoms with Crippen molar-refractivity contribution in [3.05, 3.63) is 30.6 Å². The van der Waals surface area contributed by atoms with Gasteiger partial charge in [-0.25, -0.2) is 4.68 Å². The third-order valence-electron chi connectivity index (χ3n) is 2.36. The molecule has 0 aliphatic heterocycles. The fourth-order valence-electron chi connectivity index (χ4n) is 1.44. The predicted molar refractivity (Wildman–Crippen MR) is 67.2 cm³/mol. The Balaban J connectivity index is 1.95. The standard InChI is InChI=1S/C11H14N6O/c1-16(2)10-5-3-9(4-6-10)13-11(18)7-17-8-12-14-15-17/h3-6,8H,7H2,1-2H3,(H,13,18). The molecule has 1 N–H and O–H groups in total. The van der Waals surface area contributed by atoms with Crippen molar-refractivity contribution in [1.29, 1.82) is 0 Å². The van der Waals surface area contributed by atoms with Crippen LogP contribution in [0, 0.1) is 0 Å². The van der Waals surface area contributed by atoms with E-state index >= 15 is 0 Å². The number of nitrogens with one attached hydrogen (secondary N) is 1. The molecule has 7 nitrogen and oxygen atoms in total. The van der Waals surface area contributed by atoms with Gasteiger partial charge in [-0.15, -0.1) is 5.10 Å². The lowest BCUT2D eigenvalue weighted by Crippen LogP contribution is -2.19. The molecule has 0 saturated heterocycles. The molecule has 0 unspecified atom stereocenters. The topological polar surface area (TPSA) is 75.9 Å². The smallest absolute Gasteiger partial charge is 0.246 e. The first-order chi connectivity index (χ1) is 8.65. The van der Waals surface area contributed by atoms with Crippen molar-refractivity contribution in [1.82, 2.24) is 20.2 Å². The number of benzene rings is 1. The van der Waals surface area contributed by atoms with Gasteiger partial charge in [0.25, 0.3) is 0 Å². The van der Waals surface area contributed by atoms with Crippen LogP contribution in [0.5, 0.6) is 0 Å². The van der Waals surface area contributed by atoms with Gasteiger partial charge in [0.15, 0.2) is 0 Å². The second-order valence-corrected chi connectivity index (χ2v) is 4.00. The Morgan fingerprint density at radius 1 is 1.33 bits per heavy atom. The number of rotatable bonds is 4. The van der Waals surface area contributed by atoms with E-state index in [4.69, 9.17) is 0 Å². The molecule has 2 rings (SSSR count). The normalized spacial score (nSPS) is 10.1. The van der Waals surface area contributed by atoms with Gasteiger partial charge in [0, 0.05) is 25.5 Å². The molecule has 0 fully saturated rings. The molecule has 1 aromatic heterocycles. The van der Waals surface area contributed by atoms with Gasteiger partial charge >= 0.3 is 0 Å². The molecule has 0 bridgehead atoms. The SMILES string of the molecule is CN(C)c1ccc(NC(=O)Cn2cnnn2)cc1. The Morgan fingerprint density at radius 3 is 2.61 bits per heavy atom. The summed E-state index contributed by atoms with van der Waals surface area (Å²) in [6, 6.07) is 7.58. The van der Waals surface area contributed by atoms with Crippen molar-refractivity contribution in [3.63, 3.8) is 0 Å². The number of tetrazole rings is 1. The molecule has 0 aliphatic carbocycles. The lowest BCUT2D eigenvalue weighted by atomic mass is 10.2. The van der Waals surface area contributed by atoms with Crippen LogP contribution in [0.1, 0.15) is 0 Å². The average molecular weight is 246 g/mol. The van der Waals surface area contributed by atoms with Crippen molar-refractivity contribution in [2.45, 2.75) is 6.54 Å². The minimum Gasteiger partial charge on any atom is -0.378 e. The van der Waals surface area contributed by atoms with Crippen LogP contribution in [0.25, 0.3) is 0 Å². The number of hydrogen-bond acceptors (Lipinski definition) is 5. The van der Waals surface area contributed by atoms with E-state index < -0.39 is 0 Å². The highest BCUT2D eigenvalue weighted by molar-refractivity contribution is 5.90. The number of anilines is 2. The van der Waals surface area contributed by atoms with Gasteiger partial charge < -0.3 is 10.2 Å². The van der Waals surface area contributed by atoms with E-state index in [-0.39, 0.29) is 12.5 Å². The van der Waals surface area contributed by atoms with Gasteiger partial charge in [0.2, 0.25) is 5.91 Å². The summed E-state index contributed by atoms with van der Waals surface area (Å²) in [7, 11) is 3.93. The molecular weight excluding hydrogens is 232 g/mol. The number of carbonyl (C=O) groups excluding carboxylic acids is 1.